The topological polar surface area (TPSA) is 186 Å². The molecule has 0 radical (unpaired) electrons. The standard InChI is InChI=1S/C29H35N7OS.C28H33N7OS.CH4/c1-19-13-21(8-7-20(19)9-10-24(37)25-16-30-28(38-25)29(2,3)4)23-15-26(32-18-31-23)33-27-14-22-17-35(5)11-6-12-36(22)34-27;1-18-12-20(7-6-19(18)8-9-23(36)24-16-30-27(37-24)28(2,3)4)22-14-25(32-17-31-22)33-26-13-21-15-29-10-5-11-35(21)34-26;/h7-8,13-16,18H,6,9-12,17H2,1-5H3,(H,31,32,33,34);6-7,12-14,16-17,29H,5,8-11,15H2,1-4H3,(H,31,32,33,34);1H4. The zero-order chi connectivity index (χ0) is 52.9. The van der Waals surface area contributed by atoms with E-state index < -0.39 is 0 Å². The number of thiazole rings is 2. The number of carbonyl (C=O) groups excluding carboxylic acids is 2. The third-order valence-electron chi connectivity index (χ3n) is 13.3. The van der Waals surface area contributed by atoms with Gasteiger partial charge in [-0.05, 0) is 87.5 Å². The highest BCUT2D eigenvalue weighted by Gasteiger charge is 2.23. The van der Waals surface area contributed by atoms with Crippen molar-refractivity contribution in [2.24, 2.45) is 0 Å². The number of hydrogen-bond acceptors (Lipinski definition) is 16. The highest BCUT2D eigenvalue weighted by molar-refractivity contribution is 7.14. The van der Waals surface area contributed by atoms with E-state index in [0.717, 1.165) is 123 Å². The Hall–Kier alpha value is -6.86. The van der Waals surface area contributed by atoms with Crippen molar-refractivity contribution in [2.75, 3.05) is 30.8 Å². The lowest BCUT2D eigenvalue weighted by atomic mass is 9.98. The maximum atomic E-state index is 12.8. The summed E-state index contributed by atoms with van der Waals surface area (Å²) in [6.45, 7) is 22.5. The summed E-state index contributed by atoms with van der Waals surface area (Å²) < 4.78 is 4.13. The molecular formula is C58H72N14O2S2. The molecule has 0 spiro atoms. The molecule has 18 heteroatoms. The van der Waals surface area contributed by atoms with Gasteiger partial charge < -0.3 is 20.9 Å². The lowest BCUT2D eigenvalue weighted by Gasteiger charge is -2.13. The van der Waals surface area contributed by atoms with Crippen molar-refractivity contribution in [1.29, 1.82) is 0 Å². The van der Waals surface area contributed by atoms with Gasteiger partial charge in [-0.1, -0.05) is 73.2 Å². The Morgan fingerprint density at radius 3 is 1.58 bits per heavy atom. The van der Waals surface area contributed by atoms with E-state index in [1.165, 1.54) is 39.6 Å². The quantitative estimate of drug-likeness (QED) is 0.0873. The summed E-state index contributed by atoms with van der Waals surface area (Å²) in [6, 6.07) is 20.6. The minimum Gasteiger partial charge on any atom is -0.323 e. The van der Waals surface area contributed by atoms with Gasteiger partial charge in [0.2, 0.25) is 0 Å². The third kappa shape index (κ3) is 13.9. The van der Waals surface area contributed by atoms with Crippen LogP contribution in [0.5, 0.6) is 0 Å². The monoisotopic (exact) mass is 1060 g/mol. The molecule has 0 saturated heterocycles. The van der Waals surface area contributed by atoms with Gasteiger partial charge in [0.1, 0.15) is 24.3 Å². The minimum absolute atomic E-state index is 0. The Bertz CT molecular complexity index is 3280. The number of aromatic nitrogens is 10. The number of nitrogens with one attached hydrogen (secondary N) is 3. The Morgan fingerprint density at radius 1 is 0.605 bits per heavy atom. The van der Waals surface area contributed by atoms with Crippen molar-refractivity contribution >= 4 is 57.5 Å². The number of fused-ring (bicyclic) bond motifs is 2. The Labute approximate surface area is 455 Å². The molecule has 0 atom stereocenters. The average molecular weight is 1060 g/mol. The lowest BCUT2D eigenvalue weighted by molar-refractivity contribution is 0.0978. The highest BCUT2D eigenvalue weighted by atomic mass is 32.1. The molecule has 0 amide bonds. The van der Waals surface area contributed by atoms with Crippen LogP contribution < -0.4 is 16.0 Å². The second-order valence-corrected chi connectivity index (χ2v) is 23.7. The summed E-state index contributed by atoms with van der Waals surface area (Å²) in [4.78, 5) is 56.0. The van der Waals surface area contributed by atoms with E-state index in [0.29, 0.717) is 37.3 Å². The summed E-state index contributed by atoms with van der Waals surface area (Å²) >= 11 is 3.02. The molecule has 8 aromatic rings. The molecule has 3 N–H and O–H groups in total. The molecule has 0 unspecified atom stereocenters. The smallest absolute Gasteiger partial charge is 0.174 e. The predicted molar refractivity (Wildman–Crippen MR) is 306 cm³/mol. The van der Waals surface area contributed by atoms with Crippen LogP contribution in [-0.4, -0.2) is 86.1 Å². The van der Waals surface area contributed by atoms with Gasteiger partial charge in [-0.3, -0.25) is 19.0 Å². The van der Waals surface area contributed by atoms with Gasteiger partial charge in [0.25, 0.3) is 0 Å². The van der Waals surface area contributed by atoms with Crippen LogP contribution >= 0.6 is 22.7 Å². The fourth-order valence-electron chi connectivity index (χ4n) is 9.05. The maximum absolute atomic E-state index is 12.8. The molecule has 6 aromatic heterocycles. The molecule has 10 rings (SSSR count). The first-order chi connectivity index (χ1) is 35.9. The number of hydrogen-bond donors (Lipinski definition) is 3. The molecule has 0 aliphatic carbocycles. The molecule has 76 heavy (non-hydrogen) atoms. The Morgan fingerprint density at radius 2 is 1.09 bits per heavy atom. The number of anilines is 4. The van der Waals surface area contributed by atoms with E-state index in [1.54, 1.807) is 25.0 Å². The number of Topliss-reactive ketones (excluding diaryl/α,β-unsaturated/α-hetero) is 2. The van der Waals surface area contributed by atoms with Gasteiger partial charge in [-0.2, -0.15) is 10.2 Å². The van der Waals surface area contributed by atoms with Crippen molar-refractivity contribution in [3.05, 3.63) is 139 Å². The summed E-state index contributed by atoms with van der Waals surface area (Å²) in [5.41, 5.74) is 10.6. The van der Waals surface area contributed by atoms with Crippen LogP contribution in [0.2, 0.25) is 0 Å². The number of benzene rings is 2. The van der Waals surface area contributed by atoms with E-state index in [-0.39, 0.29) is 29.8 Å². The zero-order valence-electron chi connectivity index (χ0n) is 44.6. The van der Waals surface area contributed by atoms with E-state index in [9.17, 15) is 9.59 Å². The van der Waals surface area contributed by atoms with Crippen LogP contribution in [0, 0.1) is 13.8 Å². The number of ketones is 2. The third-order valence-corrected chi connectivity index (χ3v) is 16.2. The van der Waals surface area contributed by atoms with Crippen LogP contribution in [0.25, 0.3) is 22.5 Å². The molecule has 16 nitrogen and oxygen atoms in total. The van der Waals surface area contributed by atoms with Crippen LogP contribution in [-0.2, 0) is 49.9 Å². The van der Waals surface area contributed by atoms with Gasteiger partial charge in [0, 0.05) is 104 Å². The number of rotatable bonds is 14. The van der Waals surface area contributed by atoms with Crippen LogP contribution in [0.4, 0.5) is 23.3 Å². The summed E-state index contributed by atoms with van der Waals surface area (Å²) in [7, 11) is 2.14. The molecule has 2 aliphatic heterocycles. The number of nitrogens with zero attached hydrogens (tertiary/aromatic N) is 11. The highest BCUT2D eigenvalue weighted by Crippen LogP contribution is 2.31. The lowest BCUT2D eigenvalue weighted by Crippen LogP contribution is -2.16. The first kappa shape index (κ1) is 55.4. The van der Waals surface area contributed by atoms with Crippen molar-refractivity contribution in [3.63, 3.8) is 0 Å². The van der Waals surface area contributed by atoms with Gasteiger partial charge in [0.15, 0.2) is 23.2 Å². The van der Waals surface area contributed by atoms with Crippen LogP contribution in [0.15, 0.2) is 85.7 Å². The average Bonchev–Trinajstić information content (AvgIpc) is 4.18. The first-order valence-electron chi connectivity index (χ1n) is 25.8. The summed E-state index contributed by atoms with van der Waals surface area (Å²) in [6.07, 6.45) is 11.1. The molecule has 2 aromatic carbocycles. The minimum atomic E-state index is -0.0411. The summed E-state index contributed by atoms with van der Waals surface area (Å²) in [5, 5.41) is 21.5. The molecule has 0 fully saturated rings. The predicted octanol–water partition coefficient (Wildman–Crippen LogP) is 11.9. The van der Waals surface area contributed by atoms with Crippen molar-refractivity contribution in [2.45, 2.75) is 138 Å². The number of aryl methyl sites for hydroxylation is 6. The molecular weight excluding hydrogens is 989 g/mol. The number of carbonyl (C=O) groups is 2. The largest absolute Gasteiger partial charge is 0.323 e. The van der Waals surface area contributed by atoms with Gasteiger partial charge in [-0.15, -0.1) is 22.7 Å². The SMILES string of the molecule is C.Cc1cc(-c2cc(Nc3cc4n(n3)CCCN(C)C4)ncn2)ccc1CCC(=O)c1cnc(C(C)(C)C)s1.Cc1cc(-c2cc(Nc3cc4n(n3)CCCNC4)ncn2)ccc1CCC(=O)c1cnc(C(C)(C)C)s1. The first-order valence-corrected chi connectivity index (χ1v) is 27.4. The van der Waals surface area contributed by atoms with Crippen LogP contribution in [0.3, 0.4) is 0 Å². The Balaban J connectivity index is 0.000000199. The van der Waals surface area contributed by atoms with Crippen LogP contribution in [0.1, 0.15) is 138 Å². The summed E-state index contributed by atoms with van der Waals surface area (Å²) in [5.74, 6) is 3.30. The van der Waals surface area contributed by atoms with E-state index in [4.69, 9.17) is 5.10 Å². The normalized spacial score (nSPS) is 13.8. The maximum Gasteiger partial charge on any atom is 0.174 e. The molecule has 0 saturated carbocycles. The van der Waals surface area contributed by atoms with Gasteiger partial charge in [-0.25, -0.2) is 29.9 Å². The Kier molecular flexibility index (Phi) is 17.5. The molecule has 8 heterocycles. The fraction of sp³-hybridized carbons (Fsp3) is 0.414. The fourth-order valence-corrected chi connectivity index (χ4v) is 10.9. The van der Waals surface area contributed by atoms with Crippen molar-refractivity contribution in [3.8, 4) is 22.5 Å². The van der Waals surface area contributed by atoms with Gasteiger partial charge >= 0.3 is 0 Å². The molecule has 0 bridgehead atoms. The second-order valence-electron chi connectivity index (χ2n) is 21.6. The van der Waals surface area contributed by atoms with Crippen molar-refractivity contribution < 1.29 is 9.59 Å². The van der Waals surface area contributed by atoms with E-state index in [2.05, 4.69) is 176 Å². The van der Waals surface area contributed by atoms with E-state index >= 15 is 0 Å². The zero-order valence-corrected chi connectivity index (χ0v) is 46.3. The van der Waals surface area contributed by atoms with Crippen molar-refractivity contribution in [1.82, 2.24) is 59.7 Å². The van der Waals surface area contributed by atoms with Gasteiger partial charge in [0.05, 0.1) is 42.5 Å². The van der Waals surface area contributed by atoms with E-state index in [1.807, 2.05) is 12.1 Å². The molecule has 398 valence electrons. The second kappa shape index (κ2) is 24.0. The molecule has 2 aliphatic rings.